The largest absolute Gasteiger partial charge is 0.478 e. The average molecular weight is 304 g/mol. The predicted octanol–water partition coefficient (Wildman–Crippen LogP) is 3.38. The maximum Gasteiger partial charge on any atom is 0.336 e. The molecular weight excluding hydrogens is 288 g/mol. The van der Waals surface area contributed by atoms with E-state index in [-0.39, 0.29) is 11.6 Å². The van der Waals surface area contributed by atoms with Crippen molar-refractivity contribution >= 4 is 29.0 Å². The topological polar surface area (TPSA) is 78.4 Å². The second-order valence-corrected chi connectivity index (χ2v) is 5.62. The summed E-state index contributed by atoms with van der Waals surface area (Å²) in [7, 11) is 0. The molecule has 110 valence electrons. The van der Waals surface area contributed by atoms with Crippen molar-refractivity contribution in [3.8, 4) is 0 Å². The molecule has 0 aliphatic carbocycles. The molecule has 0 radical (unpaired) electrons. The Labute approximate surface area is 126 Å². The maximum absolute atomic E-state index is 11.9. The van der Waals surface area contributed by atoms with Crippen LogP contribution in [0.4, 0.5) is 10.5 Å². The van der Waals surface area contributed by atoms with E-state index < -0.39 is 5.97 Å². The highest BCUT2D eigenvalue weighted by atomic mass is 32.1. The van der Waals surface area contributed by atoms with Gasteiger partial charge in [0.15, 0.2) is 0 Å². The van der Waals surface area contributed by atoms with Crippen LogP contribution in [0.5, 0.6) is 0 Å². The van der Waals surface area contributed by atoms with E-state index in [0.29, 0.717) is 17.8 Å². The molecule has 2 rings (SSSR count). The number of hydrogen-bond donors (Lipinski definition) is 3. The first-order valence-corrected chi connectivity index (χ1v) is 7.27. The normalized spacial score (nSPS) is 10.2. The highest BCUT2D eigenvalue weighted by Gasteiger charge is 2.12. The van der Waals surface area contributed by atoms with Crippen molar-refractivity contribution in [2.24, 2.45) is 0 Å². The third kappa shape index (κ3) is 3.61. The van der Waals surface area contributed by atoms with E-state index in [1.807, 2.05) is 18.4 Å². The van der Waals surface area contributed by atoms with Gasteiger partial charge in [-0.15, -0.1) is 11.3 Å². The molecule has 0 saturated heterocycles. The van der Waals surface area contributed by atoms with Crippen LogP contribution in [0.3, 0.4) is 0 Å². The highest BCUT2D eigenvalue weighted by molar-refractivity contribution is 7.10. The van der Waals surface area contributed by atoms with Gasteiger partial charge in [-0.05, 0) is 48.6 Å². The van der Waals surface area contributed by atoms with Gasteiger partial charge in [0.1, 0.15) is 0 Å². The van der Waals surface area contributed by atoms with Gasteiger partial charge in [0.25, 0.3) is 0 Å². The Morgan fingerprint density at radius 2 is 2.00 bits per heavy atom. The molecule has 0 aliphatic rings. The van der Waals surface area contributed by atoms with Crippen LogP contribution in [0.25, 0.3) is 0 Å². The summed E-state index contributed by atoms with van der Waals surface area (Å²) in [6.07, 6.45) is 0. The van der Waals surface area contributed by atoms with E-state index in [2.05, 4.69) is 10.6 Å². The lowest BCUT2D eigenvalue weighted by Crippen LogP contribution is -2.28. The average Bonchev–Trinajstić information content (AvgIpc) is 2.84. The number of aromatic carboxylic acids is 1. The number of urea groups is 1. The van der Waals surface area contributed by atoms with Gasteiger partial charge in [0.2, 0.25) is 0 Å². The zero-order valence-corrected chi connectivity index (χ0v) is 12.6. The molecule has 21 heavy (non-hydrogen) atoms. The zero-order valence-electron chi connectivity index (χ0n) is 11.8. The second-order valence-electron chi connectivity index (χ2n) is 4.62. The summed E-state index contributed by atoms with van der Waals surface area (Å²) < 4.78 is 0. The third-order valence-electron chi connectivity index (χ3n) is 3.19. The molecule has 0 fully saturated rings. The molecule has 2 aromatic rings. The number of hydrogen-bond acceptors (Lipinski definition) is 3. The first-order chi connectivity index (χ1) is 9.99. The molecule has 0 saturated carbocycles. The summed E-state index contributed by atoms with van der Waals surface area (Å²) in [6.45, 7) is 4.11. The molecule has 1 aromatic carbocycles. The van der Waals surface area contributed by atoms with Crippen molar-refractivity contribution < 1.29 is 14.7 Å². The summed E-state index contributed by atoms with van der Waals surface area (Å²) >= 11 is 1.59. The number of thiophene rings is 1. The quantitative estimate of drug-likeness (QED) is 0.810. The second kappa shape index (κ2) is 6.41. The van der Waals surface area contributed by atoms with Crippen molar-refractivity contribution in [3.63, 3.8) is 0 Å². The minimum Gasteiger partial charge on any atom is -0.478 e. The van der Waals surface area contributed by atoms with Crippen LogP contribution in [-0.2, 0) is 6.54 Å². The number of anilines is 1. The number of nitrogens with one attached hydrogen (secondary N) is 2. The lowest BCUT2D eigenvalue weighted by atomic mass is 10.1. The van der Waals surface area contributed by atoms with E-state index in [4.69, 9.17) is 5.11 Å². The summed E-state index contributed by atoms with van der Waals surface area (Å²) in [6, 6.07) is 6.44. The van der Waals surface area contributed by atoms with E-state index in [1.165, 1.54) is 6.07 Å². The molecule has 0 bridgehead atoms. The lowest BCUT2D eigenvalue weighted by molar-refractivity contribution is 0.0696. The number of carboxylic acid groups (broad SMARTS) is 1. The van der Waals surface area contributed by atoms with Gasteiger partial charge in [0, 0.05) is 10.6 Å². The van der Waals surface area contributed by atoms with Crippen molar-refractivity contribution in [1.29, 1.82) is 0 Å². The van der Waals surface area contributed by atoms with Crippen LogP contribution in [0, 0.1) is 13.8 Å². The Morgan fingerprint density at radius 3 is 2.62 bits per heavy atom. The van der Waals surface area contributed by atoms with Gasteiger partial charge in [0.05, 0.1) is 12.1 Å². The van der Waals surface area contributed by atoms with Crippen LogP contribution in [0.2, 0.25) is 0 Å². The van der Waals surface area contributed by atoms with E-state index in [0.717, 1.165) is 10.4 Å². The third-order valence-corrected chi connectivity index (χ3v) is 4.21. The number of carbonyl (C=O) groups is 2. The monoisotopic (exact) mass is 304 g/mol. The van der Waals surface area contributed by atoms with Crippen molar-refractivity contribution in [2.75, 3.05) is 5.32 Å². The Hall–Kier alpha value is -2.34. The van der Waals surface area contributed by atoms with Crippen molar-refractivity contribution in [2.45, 2.75) is 20.4 Å². The van der Waals surface area contributed by atoms with Crippen LogP contribution in [-0.4, -0.2) is 17.1 Å². The fourth-order valence-electron chi connectivity index (χ4n) is 1.92. The van der Waals surface area contributed by atoms with Gasteiger partial charge in [-0.1, -0.05) is 6.07 Å². The van der Waals surface area contributed by atoms with Gasteiger partial charge in [-0.25, -0.2) is 9.59 Å². The fraction of sp³-hybridized carbons (Fsp3) is 0.200. The van der Waals surface area contributed by atoms with E-state index in [1.54, 1.807) is 30.4 Å². The van der Waals surface area contributed by atoms with Crippen LogP contribution in [0.15, 0.2) is 29.6 Å². The number of aryl methyl sites for hydroxylation is 1. The molecule has 0 unspecified atom stereocenters. The summed E-state index contributed by atoms with van der Waals surface area (Å²) in [5.74, 6) is -1.01. The Kier molecular flexibility index (Phi) is 4.59. The van der Waals surface area contributed by atoms with Gasteiger partial charge in [-0.2, -0.15) is 0 Å². The number of rotatable bonds is 4. The first kappa shape index (κ1) is 15.1. The summed E-state index contributed by atoms with van der Waals surface area (Å²) in [4.78, 5) is 24.0. The number of carbonyl (C=O) groups excluding carboxylic acids is 1. The molecular formula is C15H16N2O3S. The molecule has 0 spiro atoms. The van der Waals surface area contributed by atoms with Gasteiger partial charge >= 0.3 is 12.0 Å². The predicted molar refractivity (Wildman–Crippen MR) is 83.1 cm³/mol. The molecule has 5 nitrogen and oxygen atoms in total. The highest BCUT2D eigenvalue weighted by Crippen LogP contribution is 2.19. The molecule has 0 aliphatic heterocycles. The van der Waals surface area contributed by atoms with Crippen LogP contribution >= 0.6 is 11.3 Å². The minimum atomic E-state index is -1.01. The SMILES string of the molecule is Cc1ccsc1CNC(=O)Nc1cccc(C(=O)O)c1C. The molecule has 3 N–H and O–H groups in total. The fourth-order valence-corrected chi connectivity index (χ4v) is 2.76. The standard InChI is InChI=1S/C15H16N2O3S/c1-9-6-7-21-13(9)8-16-15(20)17-12-5-3-4-11(10(12)2)14(18)19/h3-7H,8H2,1-2H3,(H,18,19)(H2,16,17,20). The molecule has 1 aromatic heterocycles. The Balaban J connectivity index is 2.01. The van der Waals surface area contributed by atoms with Crippen molar-refractivity contribution in [1.82, 2.24) is 5.32 Å². The van der Waals surface area contributed by atoms with E-state index >= 15 is 0 Å². The molecule has 1 heterocycles. The molecule has 2 amide bonds. The Bertz CT molecular complexity index is 679. The molecule has 0 atom stereocenters. The number of benzene rings is 1. The van der Waals surface area contributed by atoms with Gasteiger partial charge in [-0.3, -0.25) is 0 Å². The summed E-state index contributed by atoms with van der Waals surface area (Å²) in [5.41, 5.74) is 2.36. The molecule has 6 heteroatoms. The van der Waals surface area contributed by atoms with Crippen LogP contribution < -0.4 is 10.6 Å². The summed E-state index contributed by atoms with van der Waals surface area (Å²) in [5, 5.41) is 16.5. The smallest absolute Gasteiger partial charge is 0.336 e. The Morgan fingerprint density at radius 1 is 1.24 bits per heavy atom. The number of amides is 2. The van der Waals surface area contributed by atoms with Gasteiger partial charge < -0.3 is 15.7 Å². The number of carboxylic acids is 1. The van der Waals surface area contributed by atoms with Crippen molar-refractivity contribution in [3.05, 3.63) is 51.2 Å². The zero-order chi connectivity index (χ0) is 15.4. The maximum atomic E-state index is 11.9. The lowest BCUT2D eigenvalue weighted by Gasteiger charge is -2.11. The van der Waals surface area contributed by atoms with E-state index in [9.17, 15) is 9.59 Å². The first-order valence-electron chi connectivity index (χ1n) is 6.39. The minimum absolute atomic E-state index is 0.182. The van der Waals surface area contributed by atoms with Crippen LogP contribution in [0.1, 0.15) is 26.4 Å².